The Labute approximate surface area is 213 Å². The Kier molecular flexibility index (Phi) is 8.96. The average Bonchev–Trinajstić information content (AvgIpc) is 2.89. The molecule has 0 spiro atoms. The number of nitrogens with one attached hydrogen (secondary N) is 1. The lowest BCUT2D eigenvalue weighted by Crippen LogP contribution is -2.53. The minimum absolute atomic E-state index is 0.0872. The summed E-state index contributed by atoms with van der Waals surface area (Å²) in [6.07, 6.45) is 6.14. The van der Waals surface area contributed by atoms with Crippen molar-refractivity contribution in [2.24, 2.45) is 0 Å². The van der Waals surface area contributed by atoms with Gasteiger partial charge in [0, 0.05) is 24.0 Å². The summed E-state index contributed by atoms with van der Waals surface area (Å²) in [5.74, 6) is -0.176. The van der Waals surface area contributed by atoms with Crippen molar-refractivity contribution in [1.82, 2.24) is 10.2 Å². The second kappa shape index (κ2) is 12.6. The van der Waals surface area contributed by atoms with Crippen LogP contribution in [0.4, 0.5) is 0 Å². The SMILES string of the molecule is O=C(NC1CCCCC1)[C@H](Cc1ccccc1)N(Cc1ccccc1Cl)C(=O)Cc1ccccc1. The number of benzene rings is 3. The summed E-state index contributed by atoms with van der Waals surface area (Å²) in [4.78, 5) is 29.2. The predicted octanol–water partition coefficient (Wildman–Crippen LogP) is 5.97. The molecule has 3 aromatic rings. The highest BCUT2D eigenvalue weighted by Gasteiger charge is 2.32. The third-order valence-corrected chi connectivity index (χ3v) is 7.09. The van der Waals surface area contributed by atoms with Crippen molar-refractivity contribution in [3.05, 3.63) is 107 Å². The van der Waals surface area contributed by atoms with Gasteiger partial charge in [-0.3, -0.25) is 9.59 Å². The lowest BCUT2D eigenvalue weighted by Gasteiger charge is -2.33. The zero-order chi connectivity index (χ0) is 24.5. The number of carbonyl (C=O) groups excluding carboxylic acids is 2. The summed E-state index contributed by atoms with van der Waals surface area (Å²) >= 11 is 6.49. The van der Waals surface area contributed by atoms with Crippen LogP contribution in [0.15, 0.2) is 84.9 Å². The molecule has 182 valence electrons. The Morgan fingerprint density at radius 2 is 1.43 bits per heavy atom. The van der Waals surface area contributed by atoms with Gasteiger partial charge in [0.15, 0.2) is 0 Å². The van der Waals surface area contributed by atoms with Crippen LogP contribution in [0.2, 0.25) is 5.02 Å². The molecule has 2 amide bonds. The topological polar surface area (TPSA) is 49.4 Å². The van der Waals surface area contributed by atoms with Crippen molar-refractivity contribution >= 4 is 23.4 Å². The van der Waals surface area contributed by atoms with Gasteiger partial charge in [-0.25, -0.2) is 0 Å². The van der Waals surface area contributed by atoms with E-state index in [-0.39, 0.29) is 30.8 Å². The first kappa shape index (κ1) is 25.0. The lowest BCUT2D eigenvalue weighted by molar-refractivity contribution is -0.141. The van der Waals surface area contributed by atoms with Crippen molar-refractivity contribution in [3.63, 3.8) is 0 Å². The van der Waals surface area contributed by atoms with Crippen molar-refractivity contribution in [1.29, 1.82) is 0 Å². The first-order valence-electron chi connectivity index (χ1n) is 12.5. The van der Waals surface area contributed by atoms with Crippen LogP contribution in [0.1, 0.15) is 48.8 Å². The molecule has 35 heavy (non-hydrogen) atoms. The molecule has 0 aliphatic heterocycles. The third-order valence-electron chi connectivity index (χ3n) is 6.72. The van der Waals surface area contributed by atoms with Crippen molar-refractivity contribution in [2.45, 2.75) is 63.6 Å². The fourth-order valence-electron chi connectivity index (χ4n) is 4.78. The first-order chi connectivity index (χ1) is 17.1. The normalized spacial score (nSPS) is 14.8. The Morgan fingerprint density at radius 1 is 0.829 bits per heavy atom. The maximum absolute atomic E-state index is 13.8. The molecule has 1 N–H and O–H groups in total. The van der Waals surface area contributed by atoms with Crippen LogP contribution in [-0.2, 0) is 29.0 Å². The minimum Gasteiger partial charge on any atom is -0.352 e. The van der Waals surface area contributed by atoms with Crippen LogP contribution >= 0.6 is 11.6 Å². The van der Waals surface area contributed by atoms with E-state index in [2.05, 4.69) is 5.32 Å². The van der Waals surface area contributed by atoms with E-state index < -0.39 is 6.04 Å². The number of carbonyl (C=O) groups is 2. The van der Waals surface area contributed by atoms with Crippen LogP contribution in [0.3, 0.4) is 0 Å². The fraction of sp³-hybridized carbons (Fsp3) is 0.333. The molecule has 0 radical (unpaired) electrons. The number of rotatable bonds is 9. The Balaban J connectivity index is 1.65. The van der Waals surface area contributed by atoms with Crippen LogP contribution in [0, 0.1) is 0 Å². The molecule has 4 nitrogen and oxygen atoms in total. The fourth-order valence-corrected chi connectivity index (χ4v) is 4.98. The molecule has 0 saturated heterocycles. The van der Waals surface area contributed by atoms with Gasteiger partial charge >= 0.3 is 0 Å². The molecular formula is C30H33ClN2O2. The van der Waals surface area contributed by atoms with Crippen molar-refractivity contribution in [3.8, 4) is 0 Å². The van der Waals surface area contributed by atoms with E-state index in [1.165, 1.54) is 6.42 Å². The predicted molar refractivity (Wildman–Crippen MR) is 141 cm³/mol. The summed E-state index contributed by atoms with van der Waals surface area (Å²) in [6.45, 7) is 0.279. The summed E-state index contributed by atoms with van der Waals surface area (Å²) < 4.78 is 0. The van der Waals surface area contributed by atoms with Crippen LogP contribution < -0.4 is 5.32 Å². The molecule has 1 fully saturated rings. The van der Waals surface area contributed by atoms with E-state index in [1.807, 2.05) is 84.9 Å². The van der Waals surface area contributed by atoms with Gasteiger partial charge in [-0.1, -0.05) is 110 Å². The van der Waals surface area contributed by atoms with E-state index in [1.54, 1.807) is 4.90 Å². The molecular weight excluding hydrogens is 456 g/mol. The lowest BCUT2D eigenvalue weighted by atomic mass is 9.94. The van der Waals surface area contributed by atoms with Gasteiger partial charge < -0.3 is 10.2 Å². The smallest absolute Gasteiger partial charge is 0.243 e. The summed E-state index contributed by atoms with van der Waals surface area (Å²) in [5, 5.41) is 3.87. The van der Waals surface area contributed by atoms with Crippen LogP contribution in [0.5, 0.6) is 0 Å². The van der Waals surface area contributed by atoms with E-state index in [0.29, 0.717) is 11.4 Å². The zero-order valence-electron chi connectivity index (χ0n) is 20.0. The highest BCUT2D eigenvalue weighted by atomic mass is 35.5. The summed E-state index contributed by atoms with van der Waals surface area (Å²) in [7, 11) is 0. The largest absolute Gasteiger partial charge is 0.352 e. The van der Waals surface area contributed by atoms with Gasteiger partial charge in [0.2, 0.25) is 11.8 Å². The van der Waals surface area contributed by atoms with Crippen molar-refractivity contribution in [2.75, 3.05) is 0 Å². The number of halogens is 1. The van der Waals surface area contributed by atoms with E-state index in [9.17, 15) is 9.59 Å². The highest BCUT2D eigenvalue weighted by Crippen LogP contribution is 2.23. The highest BCUT2D eigenvalue weighted by molar-refractivity contribution is 6.31. The van der Waals surface area contributed by atoms with Gasteiger partial charge in [0.1, 0.15) is 6.04 Å². The second-order valence-corrected chi connectivity index (χ2v) is 9.73. The average molecular weight is 489 g/mol. The molecule has 0 aromatic heterocycles. The first-order valence-corrected chi connectivity index (χ1v) is 12.9. The molecule has 1 aliphatic carbocycles. The molecule has 0 unspecified atom stereocenters. The van der Waals surface area contributed by atoms with Gasteiger partial charge in [0.05, 0.1) is 6.42 Å². The molecule has 0 heterocycles. The number of hydrogen-bond acceptors (Lipinski definition) is 2. The van der Waals surface area contributed by atoms with Crippen LogP contribution in [0.25, 0.3) is 0 Å². The monoisotopic (exact) mass is 488 g/mol. The van der Waals surface area contributed by atoms with Gasteiger partial charge in [0.25, 0.3) is 0 Å². The Bertz CT molecular complexity index is 1100. The number of hydrogen-bond donors (Lipinski definition) is 1. The standard InChI is InChI=1S/C30H33ClN2O2/c31-27-19-11-10-16-25(27)22-33(29(34)21-24-14-6-2-7-15-24)28(20-23-12-4-1-5-13-23)30(35)32-26-17-8-3-9-18-26/h1-2,4-7,10-16,19,26,28H,3,8-9,17-18,20-22H2,(H,32,35)/t28-/m0/s1. The van der Waals surface area contributed by atoms with Gasteiger partial charge in [-0.05, 0) is 35.6 Å². The molecule has 1 atom stereocenters. The number of amides is 2. The molecule has 1 saturated carbocycles. The van der Waals surface area contributed by atoms with E-state index in [0.717, 1.165) is 42.4 Å². The van der Waals surface area contributed by atoms with Crippen LogP contribution in [-0.4, -0.2) is 28.8 Å². The maximum Gasteiger partial charge on any atom is 0.243 e. The summed E-state index contributed by atoms with van der Waals surface area (Å²) in [6, 6.07) is 26.7. The van der Waals surface area contributed by atoms with Crippen molar-refractivity contribution < 1.29 is 9.59 Å². The van der Waals surface area contributed by atoms with Gasteiger partial charge in [-0.15, -0.1) is 0 Å². The molecule has 0 bridgehead atoms. The Morgan fingerprint density at radius 3 is 2.09 bits per heavy atom. The van der Waals surface area contributed by atoms with Gasteiger partial charge in [-0.2, -0.15) is 0 Å². The molecule has 4 rings (SSSR count). The summed E-state index contributed by atoms with van der Waals surface area (Å²) in [5.41, 5.74) is 2.78. The molecule has 1 aliphatic rings. The zero-order valence-corrected chi connectivity index (χ0v) is 20.8. The minimum atomic E-state index is -0.633. The Hall–Kier alpha value is -3.11. The third kappa shape index (κ3) is 7.19. The quantitative estimate of drug-likeness (QED) is 0.403. The maximum atomic E-state index is 13.8. The molecule has 5 heteroatoms. The molecule has 3 aromatic carbocycles. The second-order valence-electron chi connectivity index (χ2n) is 9.32. The van der Waals surface area contributed by atoms with E-state index in [4.69, 9.17) is 11.6 Å². The van der Waals surface area contributed by atoms with E-state index >= 15 is 0 Å². The number of nitrogens with zero attached hydrogens (tertiary/aromatic N) is 1.